The average Bonchev–Trinajstić information content (AvgIpc) is 3.05. The molecule has 3 heteroatoms. The lowest BCUT2D eigenvalue weighted by atomic mass is 10.2. The molecule has 0 aliphatic carbocycles. The van der Waals surface area contributed by atoms with Crippen LogP contribution in [0.1, 0.15) is 0 Å². The summed E-state index contributed by atoms with van der Waals surface area (Å²) >= 11 is 0. The summed E-state index contributed by atoms with van der Waals surface area (Å²) in [5.41, 5.74) is 4.75. The maximum absolute atomic E-state index is 6.00. The predicted molar refractivity (Wildman–Crippen MR) is 80.9 cm³/mol. The van der Waals surface area contributed by atoms with Gasteiger partial charge in [0, 0.05) is 27.9 Å². The van der Waals surface area contributed by atoms with E-state index in [0.29, 0.717) is 0 Å². The monoisotopic (exact) mass is 258 g/mol. The molecule has 0 atom stereocenters. The molecule has 0 spiro atoms. The van der Waals surface area contributed by atoms with Crippen molar-refractivity contribution in [1.82, 2.24) is 9.97 Å². The third-order valence-electron chi connectivity index (χ3n) is 3.87. The van der Waals surface area contributed by atoms with Crippen molar-refractivity contribution < 1.29 is 4.42 Å². The summed E-state index contributed by atoms with van der Waals surface area (Å²) < 4.78 is 6.00. The average molecular weight is 258 g/mol. The zero-order valence-corrected chi connectivity index (χ0v) is 10.6. The Morgan fingerprint density at radius 2 is 1.65 bits per heavy atom. The van der Waals surface area contributed by atoms with Gasteiger partial charge < -0.3 is 9.40 Å². The van der Waals surface area contributed by atoms with Crippen molar-refractivity contribution in [2.75, 3.05) is 0 Å². The standard InChI is InChI=1S/C17H10N2O/c1-3-7-13-10(5-1)12-9-18-15-11-6-2-4-8-14(11)20-17(15)16(12)19-13/h1-9,19H. The lowest BCUT2D eigenvalue weighted by Gasteiger charge is -1.91. The van der Waals surface area contributed by atoms with Gasteiger partial charge in [-0.25, -0.2) is 0 Å². The van der Waals surface area contributed by atoms with E-state index >= 15 is 0 Å². The summed E-state index contributed by atoms with van der Waals surface area (Å²) in [5, 5.41) is 3.34. The summed E-state index contributed by atoms with van der Waals surface area (Å²) in [6, 6.07) is 16.3. The fourth-order valence-electron chi connectivity index (χ4n) is 2.94. The third kappa shape index (κ3) is 1.12. The zero-order valence-electron chi connectivity index (χ0n) is 10.6. The summed E-state index contributed by atoms with van der Waals surface area (Å²) in [6.07, 6.45) is 1.93. The van der Waals surface area contributed by atoms with Crippen molar-refractivity contribution in [2.24, 2.45) is 0 Å². The number of para-hydroxylation sites is 2. The molecule has 0 saturated heterocycles. The summed E-state index contributed by atoms with van der Waals surface area (Å²) in [4.78, 5) is 8.05. The molecule has 0 amide bonds. The van der Waals surface area contributed by atoms with E-state index in [1.807, 2.05) is 42.6 Å². The molecular formula is C17H10N2O. The molecule has 0 aliphatic rings. The third-order valence-corrected chi connectivity index (χ3v) is 3.87. The molecule has 20 heavy (non-hydrogen) atoms. The SMILES string of the molecule is c1ccc2c(c1)[nH]c1c2cnc2c3ccccc3oc21. The van der Waals surface area contributed by atoms with E-state index in [2.05, 4.69) is 22.1 Å². The van der Waals surface area contributed by atoms with Crippen LogP contribution in [0.4, 0.5) is 0 Å². The Bertz CT molecular complexity index is 1010. The van der Waals surface area contributed by atoms with Crippen LogP contribution in [-0.4, -0.2) is 9.97 Å². The molecular weight excluding hydrogens is 248 g/mol. The van der Waals surface area contributed by atoms with Crippen molar-refractivity contribution in [2.45, 2.75) is 0 Å². The predicted octanol–water partition coefficient (Wildman–Crippen LogP) is 4.62. The number of pyridine rings is 1. The van der Waals surface area contributed by atoms with Gasteiger partial charge in [-0.15, -0.1) is 0 Å². The second-order valence-corrected chi connectivity index (χ2v) is 4.99. The highest BCUT2D eigenvalue weighted by molar-refractivity contribution is 6.18. The second kappa shape index (κ2) is 3.39. The first-order valence-corrected chi connectivity index (χ1v) is 6.58. The molecule has 3 heterocycles. The molecule has 0 bridgehead atoms. The van der Waals surface area contributed by atoms with E-state index < -0.39 is 0 Å². The molecule has 94 valence electrons. The van der Waals surface area contributed by atoms with Gasteiger partial charge in [0.2, 0.25) is 0 Å². The molecule has 0 unspecified atom stereocenters. The Morgan fingerprint density at radius 1 is 0.850 bits per heavy atom. The maximum Gasteiger partial charge on any atom is 0.177 e. The first kappa shape index (κ1) is 10.0. The van der Waals surface area contributed by atoms with Crippen LogP contribution in [-0.2, 0) is 0 Å². The summed E-state index contributed by atoms with van der Waals surface area (Å²) in [5.74, 6) is 0. The summed E-state index contributed by atoms with van der Waals surface area (Å²) in [7, 11) is 0. The first-order chi connectivity index (χ1) is 9.92. The van der Waals surface area contributed by atoms with Gasteiger partial charge in [0.05, 0.1) is 5.52 Å². The van der Waals surface area contributed by atoms with Crippen molar-refractivity contribution in [3.05, 3.63) is 54.7 Å². The number of fused-ring (bicyclic) bond motifs is 7. The molecule has 3 aromatic heterocycles. The van der Waals surface area contributed by atoms with Crippen LogP contribution in [0.15, 0.2) is 59.1 Å². The normalized spacial score (nSPS) is 12.0. The number of hydrogen-bond acceptors (Lipinski definition) is 2. The van der Waals surface area contributed by atoms with Crippen molar-refractivity contribution >= 4 is 43.9 Å². The molecule has 5 rings (SSSR count). The van der Waals surface area contributed by atoms with Crippen molar-refractivity contribution in [3.63, 3.8) is 0 Å². The first-order valence-electron chi connectivity index (χ1n) is 6.58. The van der Waals surface area contributed by atoms with Gasteiger partial charge >= 0.3 is 0 Å². The maximum atomic E-state index is 6.00. The second-order valence-electron chi connectivity index (χ2n) is 4.99. The van der Waals surface area contributed by atoms with E-state index in [1.165, 1.54) is 5.39 Å². The van der Waals surface area contributed by atoms with Gasteiger partial charge in [-0.1, -0.05) is 30.3 Å². The molecule has 0 radical (unpaired) electrons. The van der Waals surface area contributed by atoms with Gasteiger partial charge in [0.1, 0.15) is 11.1 Å². The number of hydrogen-bond donors (Lipinski definition) is 1. The van der Waals surface area contributed by atoms with Crippen LogP contribution in [0, 0.1) is 0 Å². The summed E-state index contributed by atoms with van der Waals surface area (Å²) in [6.45, 7) is 0. The van der Waals surface area contributed by atoms with Gasteiger partial charge in [-0.2, -0.15) is 0 Å². The van der Waals surface area contributed by atoms with E-state index in [9.17, 15) is 0 Å². The van der Waals surface area contributed by atoms with E-state index in [-0.39, 0.29) is 0 Å². The Hall–Kier alpha value is -2.81. The molecule has 3 nitrogen and oxygen atoms in total. The number of aromatic nitrogens is 2. The molecule has 1 N–H and O–H groups in total. The highest BCUT2D eigenvalue weighted by atomic mass is 16.3. The van der Waals surface area contributed by atoms with Crippen LogP contribution in [0.5, 0.6) is 0 Å². The quantitative estimate of drug-likeness (QED) is 0.440. The Balaban J connectivity index is 2.10. The topological polar surface area (TPSA) is 41.8 Å². The number of furan rings is 1. The largest absolute Gasteiger partial charge is 0.452 e. The number of nitrogens with zero attached hydrogens (tertiary/aromatic N) is 1. The van der Waals surface area contributed by atoms with Crippen molar-refractivity contribution in [3.8, 4) is 0 Å². The van der Waals surface area contributed by atoms with Gasteiger partial charge in [0.25, 0.3) is 0 Å². The number of benzene rings is 2. The molecule has 2 aromatic carbocycles. The fourth-order valence-corrected chi connectivity index (χ4v) is 2.94. The minimum Gasteiger partial charge on any atom is -0.452 e. The van der Waals surface area contributed by atoms with E-state index in [1.54, 1.807) is 0 Å². The lowest BCUT2D eigenvalue weighted by Crippen LogP contribution is -1.75. The van der Waals surface area contributed by atoms with Crippen LogP contribution in [0.25, 0.3) is 43.9 Å². The van der Waals surface area contributed by atoms with Crippen LogP contribution >= 0.6 is 0 Å². The molecule has 0 saturated carbocycles. The minimum absolute atomic E-state index is 0.833. The number of H-pyrrole nitrogens is 1. The van der Waals surface area contributed by atoms with E-state index in [0.717, 1.165) is 38.5 Å². The smallest absolute Gasteiger partial charge is 0.177 e. The number of aromatic amines is 1. The molecule has 0 aliphatic heterocycles. The molecule has 0 fully saturated rings. The fraction of sp³-hybridized carbons (Fsp3) is 0. The molecule has 5 aromatic rings. The zero-order chi connectivity index (χ0) is 13.1. The van der Waals surface area contributed by atoms with Crippen LogP contribution < -0.4 is 0 Å². The Kier molecular flexibility index (Phi) is 1.70. The highest BCUT2D eigenvalue weighted by Gasteiger charge is 2.14. The number of nitrogens with one attached hydrogen (secondary N) is 1. The Morgan fingerprint density at radius 3 is 2.60 bits per heavy atom. The number of rotatable bonds is 0. The van der Waals surface area contributed by atoms with Gasteiger partial charge in [0.15, 0.2) is 5.58 Å². The van der Waals surface area contributed by atoms with Crippen molar-refractivity contribution in [1.29, 1.82) is 0 Å². The minimum atomic E-state index is 0.833. The van der Waals surface area contributed by atoms with Crippen LogP contribution in [0.2, 0.25) is 0 Å². The van der Waals surface area contributed by atoms with Gasteiger partial charge in [-0.05, 0) is 18.2 Å². The lowest BCUT2D eigenvalue weighted by molar-refractivity contribution is 0.671. The Labute approximate surface area is 113 Å². The highest BCUT2D eigenvalue weighted by Crippen LogP contribution is 2.34. The van der Waals surface area contributed by atoms with Crippen LogP contribution in [0.3, 0.4) is 0 Å². The van der Waals surface area contributed by atoms with E-state index in [4.69, 9.17) is 4.42 Å². The van der Waals surface area contributed by atoms with Gasteiger partial charge in [-0.3, -0.25) is 4.98 Å².